The van der Waals surface area contributed by atoms with Gasteiger partial charge in [0.2, 0.25) is 0 Å². The first-order valence-corrected chi connectivity index (χ1v) is 6.61. The highest BCUT2D eigenvalue weighted by atomic mass is 16.5. The lowest BCUT2D eigenvalue weighted by atomic mass is 10.1. The molecule has 0 aromatic rings. The average molecular weight is 243 g/mol. The Kier molecular flexibility index (Phi) is 4.76. The minimum atomic E-state index is -0.359. The van der Waals surface area contributed by atoms with E-state index in [1.54, 1.807) is 0 Å². The molecule has 0 bridgehead atoms. The van der Waals surface area contributed by atoms with Gasteiger partial charge in [-0.3, -0.25) is 0 Å². The van der Waals surface area contributed by atoms with E-state index in [2.05, 4.69) is 29.0 Å². The second-order valence-corrected chi connectivity index (χ2v) is 5.22. The SMILES string of the molecule is CN1CCN(N(C)CC(O)C2CCCO2)CC1. The first-order chi connectivity index (χ1) is 8.16. The zero-order valence-electron chi connectivity index (χ0n) is 11.0. The molecule has 0 amide bonds. The molecular weight excluding hydrogens is 218 g/mol. The Bertz CT molecular complexity index is 226. The van der Waals surface area contributed by atoms with E-state index >= 15 is 0 Å². The third kappa shape index (κ3) is 3.63. The topological polar surface area (TPSA) is 39.2 Å². The molecule has 0 aliphatic carbocycles. The van der Waals surface area contributed by atoms with E-state index in [9.17, 15) is 5.11 Å². The van der Waals surface area contributed by atoms with Crippen LogP contribution in [0, 0.1) is 0 Å². The molecule has 5 heteroatoms. The summed E-state index contributed by atoms with van der Waals surface area (Å²) in [5.74, 6) is 0. The van der Waals surface area contributed by atoms with Crippen LogP contribution in [0.4, 0.5) is 0 Å². The van der Waals surface area contributed by atoms with Gasteiger partial charge in [0.05, 0.1) is 12.2 Å². The van der Waals surface area contributed by atoms with E-state index in [0.29, 0.717) is 6.54 Å². The van der Waals surface area contributed by atoms with Gasteiger partial charge in [-0.1, -0.05) is 0 Å². The van der Waals surface area contributed by atoms with Gasteiger partial charge in [0.1, 0.15) is 0 Å². The van der Waals surface area contributed by atoms with Crippen molar-refractivity contribution in [1.29, 1.82) is 0 Å². The maximum absolute atomic E-state index is 10.1. The largest absolute Gasteiger partial charge is 0.389 e. The van der Waals surface area contributed by atoms with Crippen LogP contribution < -0.4 is 0 Å². The van der Waals surface area contributed by atoms with Gasteiger partial charge in [-0.15, -0.1) is 0 Å². The average Bonchev–Trinajstić information content (AvgIpc) is 2.83. The second-order valence-electron chi connectivity index (χ2n) is 5.22. The Morgan fingerprint density at radius 3 is 2.65 bits per heavy atom. The van der Waals surface area contributed by atoms with Gasteiger partial charge in [-0.2, -0.15) is 0 Å². The minimum Gasteiger partial charge on any atom is -0.389 e. The third-order valence-electron chi connectivity index (χ3n) is 3.81. The highest BCUT2D eigenvalue weighted by Gasteiger charge is 2.27. The Balaban J connectivity index is 1.73. The lowest BCUT2D eigenvalue weighted by Crippen LogP contribution is -2.53. The quantitative estimate of drug-likeness (QED) is 0.729. The minimum absolute atomic E-state index is 0.0462. The Morgan fingerprint density at radius 1 is 1.35 bits per heavy atom. The van der Waals surface area contributed by atoms with E-state index < -0.39 is 0 Å². The number of hydrogen-bond acceptors (Lipinski definition) is 5. The summed E-state index contributed by atoms with van der Waals surface area (Å²) in [6.45, 7) is 5.77. The van der Waals surface area contributed by atoms with Crippen LogP contribution in [0.1, 0.15) is 12.8 Å². The molecule has 2 saturated heterocycles. The van der Waals surface area contributed by atoms with Crippen LogP contribution in [0.3, 0.4) is 0 Å². The van der Waals surface area contributed by atoms with Crippen LogP contribution in [0.15, 0.2) is 0 Å². The second kappa shape index (κ2) is 6.11. The molecule has 2 rings (SSSR count). The highest BCUT2D eigenvalue weighted by molar-refractivity contribution is 4.76. The molecule has 0 aromatic heterocycles. The highest BCUT2D eigenvalue weighted by Crippen LogP contribution is 2.16. The number of hydrogen-bond donors (Lipinski definition) is 1. The number of nitrogens with zero attached hydrogens (tertiary/aromatic N) is 3. The molecule has 1 N–H and O–H groups in total. The van der Waals surface area contributed by atoms with Gasteiger partial charge in [-0.25, -0.2) is 10.0 Å². The summed E-state index contributed by atoms with van der Waals surface area (Å²) in [4.78, 5) is 2.33. The molecule has 2 atom stereocenters. The zero-order valence-corrected chi connectivity index (χ0v) is 11.0. The summed E-state index contributed by atoms with van der Waals surface area (Å²) < 4.78 is 5.52. The number of likely N-dealkylation sites (N-methyl/N-ethyl adjacent to an activating group) is 2. The predicted octanol–water partition coefficient (Wildman–Crippen LogP) is -0.379. The molecule has 0 aromatic carbocycles. The maximum atomic E-state index is 10.1. The molecule has 100 valence electrons. The third-order valence-corrected chi connectivity index (χ3v) is 3.81. The number of hydrazine groups is 1. The van der Waals surface area contributed by atoms with Crippen molar-refractivity contribution < 1.29 is 9.84 Å². The van der Waals surface area contributed by atoms with E-state index in [0.717, 1.165) is 45.6 Å². The molecule has 5 nitrogen and oxygen atoms in total. The standard InChI is InChI=1S/C12H25N3O2/c1-13-5-7-15(8-6-13)14(2)10-11(16)12-4-3-9-17-12/h11-12,16H,3-10H2,1-2H3. The normalized spacial score (nSPS) is 30.0. The summed E-state index contributed by atoms with van der Waals surface area (Å²) in [6.07, 6.45) is 1.77. The van der Waals surface area contributed by atoms with Gasteiger partial charge in [0, 0.05) is 46.4 Å². The first kappa shape index (κ1) is 13.2. The summed E-state index contributed by atoms with van der Waals surface area (Å²) in [6, 6.07) is 0. The number of aliphatic hydroxyl groups is 1. The zero-order chi connectivity index (χ0) is 12.3. The van der Waals surface area contributed by atoms with Crippen molar-refractivity contribution in [3.8, 4) is 0 Å². The molecule has 2 unspecified atom stereocenters. The molecule has 2 aliphatic heterocycles. The smallest absolute Gasteiger partial charge is 0.0942 e. The van der Waals surface area contributed by atoms with Crippen molar-refractivity contribution >= 4 is 0 Å². The summed E-state index contributed by atoms with van der Waals surface area (Å²) in [5.41, 5.74) is 0. The molecule has 17 heavy (non-hydrogen) atoms. The van der Waals surface area contributed by atoms with Crippen molar-refractivity contribution in [3.05, 3.63) is 0 Å². The molecule has 0 radical (unpaired) electrons. The lowest BCUT2D eigenvalue weighted by Gasteiger charge is -2.39. The monoisotopic (exact) mass is 243 g/mol. The first-order valence-electron chi connectivity index (χ1n) is 6.61. The molecular formula is C12H25N3O2. The van der Waals surface area contributed by atoms with Gasteiger partial charge in [0.25, 0.3) is 0 Å². The Hall–Kier alpha value is -0.200. The van der Waals surface area contributed by atoms with Crippen LogP contribution in [-0.2, 0) is 4.74 Å². The van der Waals surface area contributed by atoms with Gasteiger partial charge in [0.15, 0.2) is 0 Å². The van der Waals surface area contributed by atoms with Crippen LogP contribution in [-0.4, -0.2) is 85.7 Å². The maximum Gasteiger partial charge on any atom is 0.0942 e. The van der Waals surface area contributed by atoms with Crippen LogP contribution in [0.25, 0.3) is 0 Å². The number of aliphatic hydroxyl groups excluding tert-OH is 1. The number of piperazine rings is 1. The Morgan fingerprint density at radius 2 is 2.06 bits per heavy atom. The summed E-state index contributed by atoms with van der Waals surface area (Å²) in [7, 11) is 4.21. The Labute approximate surface area is 104 Å². The van der Waals surface area contributed by atoms with E-state index in [1.807, 2.05) is 0 Å². The van der Waals surface area contributed by atoms with E-state index in [1.165, 1.54) is 0 Å². The fourth-order valence-corrected chi connectivity index (χ4v) is 2.55. The van der Waals surface area contributed by atoms with Crippen LogP contribution in [0.2, 0.25) is 0 Å². The molecule has 0 saturated carbocycles. The number of rotatable bonds is 4. The predicted molar refractivity (Wildman–Crippen MR) is 66.7 cm³/mol. The van der Waals surface area contributed by atoms with Gasteiger partial charge >= 0.3 is 0 Å². The van der Waals surface area contributed by atoms with Crippen molar-refractivity contribution in [3.63, 3.8) is 0 Å². The fourth-order valence-electron chi connectivity index (χ4n) is 2.55. The molecule has 0 spiro atoms. The summed E-state index contributed by atoms with van der Waals surface area (Å²) >= 11 is 0. The molecule has 2 aliphatic rings. The van der Waals surface area contributed by atoms with Crippen molar-refractivity contribution in [2.75, 3.05) is 53.4 Å². The lowest BCUT2D eigenvalue weighted by molar-refractivity contribution is -0.0837. The van der Waals surface area contributed by atoms with Gasteiger partial charge in [-0.05, 0) is 19.9 Å². The van der Waals surface area contributed by atoms with Crippen LogP contribution >= 0.6 is 0 Å². The summed E-state index contributed by atoms with van der Waals surface area (Å²) in [5, 5.41) is 14.6. The number of ether oxygens (including phenoxy) is 1. The van der Waals surface area contributed by atoms with Crippen LogP contribution in [0.5, 0.6) is 0 Å². The van der Waals surface area contributed by atoms with E-state index in [-0.39, 0.29) is 12.2 Å². The van der Waals surface area contributed by atoms with Crippen molar-refractivity contribution in [2.45, 2.75) is 25.0 Å². The fraction of sp³-hybridized carbons (Fsp3) is 1.00. The molecule has 2 heterocycles. The van der Waals surface area contributed by atoms with Gasteiger partial charge < -0.3 is 14.7 Å². The van der Waals surface area contributed by atoms with Crippen molar-refractivity contribution in [2.24, 2.45) is 0 Å². The molecule has 2 fully saturated rings. The van der Waals surface area contributed by atoms with E-state index in [4.69, 9.17) is 4.74 Å². The van der Waals surface area contributed by atoms with Crippen molar-refractivity contribution in [1.82, 2.24) is 14.9 Å².